The fraction of sp³-hybridized carbons (Fsp3) is 1.00. The molecule has 1 heterocycles. The molecule has 0 aromatic carbocycles. The summed E-state index contributed by atoms with van der Waals surface area (Å²) in [6.07, 6.45) is -3.92. The molecule has 0 aromatic rings. The van der Waals surface area contributed by atoms with Crippen LogP contribution < -0.4 is 11.5 Å². The minimum atomic E-state index is -2.23. The molecule has 0 aliphatic carbocycles. The van der Waals surface area contributed by atoms with E-state index < -0.39 is 36.9 Å². The molecule has 5 atom stereocenters. The van der Waals surface area contributed by atoms with Crippen molar-refractivity contribution in [3.8, 4) is 0 Å². The van der Waals surface area contributed by atoms with Crippen LogP contribution in [0.4, 0.5) is 0 Å². The highest BCUT2D eigenvalue weighted by atomic mass is 16.7. The third-order valence-electron chi connectivity index (χ3n) is 2.10. The first-order chi connectivity index (χ1) is 5.90. The third-order valence-corrected chi connectivity index (χ3v) is 2.10. The summed E-state index contributed by atoms with van der Waals surface area (Å²) in [5, 5.41) is 36.5. The van der Waals surface area contributed by atoms with Crippen LogP contribution in [0, 0.1) is 0 Å². The van der Waals surface area contributed by atoms with Crippen LogP contribution in [0.25, 0.3) is 0 Å². The Balaban J connectivity index is 2.79. The van der Waals surface area contributed by atoms with Crippen molar-refractivity contribution >= 4 is 0 Å². The Labute approximate surface area is 74.5 Å². The predicted molar refractivity (Wildman–Crippen MR) is 41.1 cm³/mol. The molecule has 1 rings (SSSR count). The van der Waals surface area contributed by atoms with E-state index in [0.717, 1.165) is 0 Å². The van der Waals surface area contributed by atoms with Crippen LogP contribution in [0.15, 0.2) is 0 Å². The monoisotopic (exact) mass is 194 g/mol. The Morgan fingerprint density at radius 3 is 2.31 bits per heavy atom. The summed E-state index contributed by atoms with van der Waals surface area (Å²) in [5.41, 5.74) is 10.4. The van der Waals surface area contributed by atoms with Gasteiger partial charge in [-0.3, -0.25) is 5.73 Å². The second kappa shape index (κ2) is 3.46. The second-order valence-corrected chi connectivity index (χ2v) is 3.10. The van der Waals surface area contributed by atoms with Crippen LogP contribution in [0.3, 0.4) is 0 Å². The summed E-state index contributed by atoms with van der Waals surface area (Å²) >= 11 is 0. The van der Waals surface area contributed by atoms with Crippen molar-refractivity contribution in [3.63, 3.8) is 0 Å². The summed E-state index contributed by atoms with van der Waals surface area (Å²) in [6, 6.07) is -1.31. The maximum atomic E-state index is 9.28. The summed E-state index contributed by atoms with van der Waals surface area (Å²) in [7, 11) is 0. The molecule has 0 aromatic heterocycles. The number of hydrogen-bond acceptors (Lipinski definition) is 7. The summed E-state index contributed by atoms with van der Waals surface area (Å²) < 4.78 is 4.67. The first-order valence-electron chi connectivity index (χ1n) is 3.81. The van der Waals surface area contributed by atoms with E-state index in [2.05, 4.69) is 4.74 Å². The second-order valence-electron chi connectivity index (χ2n) is 3.10. The number of nitrogens with two attached hydrogens (primary N) is 2. The van der Waals surface area contributed by atoms with Gasteiger partial charge in [0.1, 0.15) is 24.4 Å². The molecule has 0 radical (unpaired) electrons. The van der Waals surface area contributed by atoms with Crippen molar-refractivity contribution in [2.24, 2.45) is 11.5 Å². The zero-order valence-corrected chi connectivity index (χ0v) is 6.87. The lowest BCUT2D eigenvalue weighted by atomic mass is 9.95. The van der Waals surface area contributed by atoms with Gasteiger partial charge in [0, 0.05) is 0 Å². The molecule has 1 unspecified atom stereocenters. The van der Waals surface area contributed by atoms with Crippen molar-refractivity contribution in [3.05, 3.63) is 0 Å². The first kappa shape index (κ1) is 10.8. The highest BCUT2D eigenvalue weighted by molar-refractivity contribution is 4.95. The van der Waals surface area contributed by atoms with Gasteiger partial charge in [0.05, 0.1) is 6.61 Å². The first-order valence-corrected chi connectivity index (χ1v) is 3.81. The molecule has 0 bridgehead atoms. The van der Waals surface area contributed by atoms with Crippen LogP contribution in [0.2, 0.25) is 0 Å². The number of ether oxygens (including phenoxy) is 1. The molecule has 1 aliphatic rings. The van der Waals surface area contributed by atoms with Crippen LogP contribution in [0.5, 0.6) is 0 Å². The number of hydrogen-bond donors (Lipinski definition) is 6. The van der Waals surface area contributed by atoms with Crippen LogP contribution in [0.1, 0.15) is 0 Å². The molecule has 7 nitrogen and oxygen atoms in total. The lowest BCUT2D eigenvalue weighted by molar-refractivity contribution is -0.311. The van der Waals surface area contributed by atoms with Crippen molar-refractivity contribution < 1.29 is 25.2 Å². The fourth-order valence-electron chi connectivity index (χ4n) is 1.21. The summed E-state index contributed by atoms with van der Waals surface area (Å²) in [6.45, 7) is -0.565. The molecule has 0 amide bonds. The summed E-state index contributed by atoms with van der Waals surface area (Å²) in [5.74, 6) is -2.23. The van der Waals surface area contributed by atoms with Crippen LogP contribution in [-0.4, -0.2) is 57.3 Å². The van der Waals surface area contributed by atoms with Gasteiger partial charge < -0.3 is 30.9 Å². The van der Waals surface area contributed by atoms with Gasteiger partial charge in [0.15, 0.2) is 0 Å². The zero-order chi connectivity index (χ0) is 10.2. The average molecular weight is 194 g/mol. The van der Waals surface area contributed by atoms with Gasteiger partial charge in [-0.05, 0) is 0 Å². The van der Waals surface area contributed by atoms with Gasteiger partial charge in [0.25, 0.3) is 0 Å². The Kier molecular flexibility index (Phi) is 2.88. The smallest absolute Gasteiger partial charge is 0.241 e. The average Bonchev–Trinajstić information content (AvgIpc) is 2.08. The Hall–Kier alpha value is -0.280. The standard InChI is InChI=1S/C6H14N2O5/c7-5-4(11)3(10)2(1-9)13-6(5,8)12/h2-5,9-12H,1,7-8H2/t2-,3-,4+,5-,6?/m1/s1. The third kappa shape index (κ3) is 1.81. The van der Waals surface area contributed by atoms with E-state index in [1.165, 1.54) is 0 Å². The van der Waals surface area contributed by atoms with E-state index >= 15 is 0 Å². The molecule has 1 aliphatic heterocycles. The van der Waals surface area contributed by atoms with Crippen molar-refractivity contribution in [2.75, 3.05) is 6.61 Å². The van der Waals surface area contributed by atoms with Gasteiger partial charge in [-0.25, -0.2) is 0 Å². The number of aliphatic hydroxyl groups is 4. The minimum absolute atomic E-state index is 0.565. The van der Waals surface area contributed by atoms with Gasteiger partial charge in [-0.1, -0.05) is 0 Å². The van der Waals surface area contributed by atoms with E-state index in [-0.39, 0.29) is 0 Å². The van der Waals surface area contributed by atoms with Crippen molar-refractivity contribution in [2.45, 2.75) is 30.3 Å². The molecular formula is C6H14N2O5. The van der Waals surface area contributed by atoms with Gasteiger partial charge in [-0.15, -0.1) is 0 Å². The van der Waals surface area contributed by atoms with E-state index in [1.54, 1.807) is 0 Å². The minimum Gasteiger partial charge on any atom is -0.394 e. The van der Waals surface area contributed by atoms with E-state index in [9.17, 15) is 15.3 Å². The Bertz CT molecular complexity index is 186. The van der Waals surface area contributed by atoms with Gasteiger partial charge >= 0.3 is 0 Å². The Morgan fingerprint density at radius 1 is 1.31 bits per heavy atom. The SMILES string of the molecule is N[C@@H]1[C@@H](O)[C@H](O)[C@@H](CO)OC1(N)O. The highest BCUT2D eigenvalue weighted by Gasteiger charge is 2.49. The predicted octanol–water partition coefficient (Wildman–Crippen LogP) is -3.97. The van der Waals surface area contributed by atoms with Gasteiger partial charge in [0.2, 0.25) is 5.91 Å². The maximum Gasteiger partial charge on any atom is 0.241 e. The lowest BCUT2D eigenvalue weighted by Crippen LogP contribution is -2.72. The molecular weight excluding hydrogens is 180 g/mol. The van der Waals surface area contributed by atoms with Crippen molar-refractivity contribution in [1.82, 2.24) is 0 Å². The molecule has 0 saturated carbocycles. The maximum absolute atomic E-state index is 9.28. The zero-order valence-electron chi connectivity index (χ0n) is 6.87. The quantitative estimate of drug-likeness (QED) is 0.234. The normalized spacial score (nSPS) is 52.2. The molecule has 1 fully saturated rings. The number of aliphatic hydroxyl groups excluding tert-OH is 3. The Morgan fingerprint density at radius 2 is 1.85 bits per heavy atom. The summed E-state index contributed by atoms with van der Waals surface area (Å²) in [4.78, 5) is 0. The lowest BCUT2D eigenvalue weighted by Gasteiger charge is -2.43. The fourth-order valence-corrected chi connectivity index (χ4v) is 1.21. The van der Waals surface area contributed by atoms with E-state index in [4.69, 9.17) is 16.6 Å². The number of rotatable bonds is 1. The topological polar surface area (TPSA) is 142 Å². The van der Waals surface area contributed by atoms with Gasteiger partial charge in [-0.2, -0.15) is 0 Å². The van der Waals surface area contributed by atoms with Crippen LogP contribution in [-0.2, 0) is 4.74 Å². The van der Waals surface area contributed by atoms with E-state index in [0.29, 0.717) is 0 Å². The van der Waals surface area contributed by atoms with E-state index in [1.807, 2.05) is 0 Å². The van der Waals surface area contributed by atoms with Crippen molar-refractivity contribution in [1.29, 1.82) is 0 Å². The van der Waals surface area contributed by atoms with Crippen LogP contribution >= 0.6 is 0 Å². The largest absolute Gasteiger partial charge is 0.394 e. The molecule has 7 heteroatoms. The highest BCUT2D eigenvalue weighted by Crippen LogP contribution is 2.22. The molecule has 13 heavy (non-hydrogen) atoms. The molecule has 8 N–H and O–H groups in total. The molecule has 78 valence electrons. The molecule has 1 saturated heterocycles. The molecule has 0 spiro atoms.